The normalized spacial score (nSPS) is 11.2. The third-order valence-electron chi connectivity index (χ3n) is 8.01. The third-order valence-corrected chi connectivity index (χ3v) is 8.01. The van der Waals surface area contributed by atoms with Gasteiger partial charge in [-0.2, -0.15) is 0 Å². The maximum absolute atomic E-state index is 13.3. The van der Waals surface area contributed by atoms with Crippen molar-refractivity contribution < 1.29 is 54.6 Å². The average Bonchev–Trinajstić information content (AvgIpc) is 3.03. The Balaban J connectivity index is 2.08. The van der Waals surface area contributed by atoms with Crippen molar-refractivity contribution in [3.8, 4) is 40.2 Å². The van der Waals surface area contributed by atoms with Gasteiger partial charge in [0.1, 0.15) is 58.0 Å². The first-order valence-electron chi connectivity index (χ1n) is 15.6. The number of carbonyl (C=O) groups excluding carboxylic acids is 4. The van der Waals surface area contributed by atoms with E-state index in [1.807, 2.05) is 30.3 Å². The van der Waals surface area contributed by atoms with E-state index in [4.69, 9.17) is 4.74 Å². The average molecular weight is 671 g/mol. The van der Waals surface area contributed by atoms with Crippen molar-refractivity contribution in [1.29, 1.82) is 0 Å². The van der Waals surface area contributed by atoms with E-state index in [2.05, 4.69) is 0 Å². The van der Waals surface area contributed by atoms with Crippen LogP contribution in [0.3, 0.4) is 0 Å². The molecule has 0 aliphatic carbocycles. The smallest absolute Gasteiger partial charge is 0.170 e. The number of rotatable bonds is 14. The van der Waals surface area contributed by atoms with E-state index in [-0.39, 0.29) is 49.4 Å². The summed E-state index contributed by atoms with van der Waals surface area (Å²) in [6.07, 6.45) is -0.216. The summed E-state index contributed by atoms with van der Waals surface area (Å²) >= 11 is 0. The maximum Gasteiger partial charge on any atom is 0.170 e. The van der Waals surface area contributed by atoms with Crippen LogP contribution in [0.25, 0.3) is 0 Å². The standard InChI is InChI=1S/C38H38O11/c1-19(2)14-26(41)29-33(43)24(16-39)35(45)31(37(29)47)28(22-10-12-23(13-11-22)49-18-21-8-6-5-7-9-21)32-36(46)25(17-40)34(44)30(38(32)48)27(42)15-20(3)4/h5-13,16-17,19-20,28,43-48H,14-15,18H2,1-4H3. The van der Waals surface area contributed by atoms with Gasteiger partial charge in [-0.1, -0.05) is 70.2 Å². The molecule has 0 aliphatic heterocycles. The van der Waals surface area contributed by atoms with Crippen molar-refractivity contribution in [2.24, 2.45) is 11.8 Å². The number of phenols is 6. The minimum Gasteiger partial charge on any atom is -0.507 e. The predicted octanol–water partition coefficient (Wildman–Crippen LogP) is 6.76. The molecule has 0 atom stereocenters. The molecule has 0 amide bonds. The molecule has 11 heteroatoms. The van der Waals surface area contributed by atoms with Crippen LogP contribution in [-0.4, -0.2) is 54.8 Å². The Bertz CT molecular complexity index is 1800. The topological polar surface area (TPSA) is 199 Å². The highest BCUT2D eigenvalue weighted by molar-refractivity contribution is 6.07. The van der Waals surface area contributed by atoms with Gasteiger partial charge in [0, 0.05) is 29.9 Å². The number of aldehydes is 2. The summed E-state index contributed by atoms with van der Waals surface area (Å²) in [5, 5.41) is 67.9. The summed E-state index contributed by atoms with van der Waals surface area (Å²) in [7, 11) is 0. The molecule has 0 saturated heterocycles. The zero-order valence-electron chi connectivity index (χ0n) is 27.4. The van der Waals surface area contributed by atoms with Crippen LogP contribution in [0, 0.1) is 11.8 Å². The van der Waals surface area contributed by atoms with E-state index < -0.39 is 85.4 Å². The van der Waals surface area contributed by atoms with Crippen LogP contribution in [-0.2, 0) is 6.61 Å². The van der Waals surface area contributed by atoms with Crippen molar-refractivity contribution in [3.63, 3.8) is 0 Å². The Hall–Kier alpha value is -5.84. The van der Waals surface area contributed by atoms with E-state index in [0.29, 0.717) is 5.75 Å². The fourth-order valence-corrected chi connectivity index (χ4v) is 5.72. The van der Waals surface area contributed by atoms with Gasteiger partial charge in [0.2, 0.25) is 0 Å². The molecule has 0 bridgehead atoms. The second-order valence-electron chi connectivity index (χ2n) is 12.6. The number of hydrogen-bond donors (Lipinski definition) is 6. The number of aromatic hydroxyl groups is 6. The molecular weight excluding hydrogens is 632 g/mol. The lowest BCUT2D eigenvalue weighted by molar-refractivity contribution is 0.0952. The second-order valence-corrected chi connectivity index (χ2v) is 12.6. The van der Waals surface area contributed by atoms with Gasteiger partial charge in [0.05, 0.1) is 11.1 Å². The Morgan fingerprint density at radius 3 is 1.43 bits per heavy atom. The highest BCUT2D eigenvalue weighted by Crippen LogP contribution is 2.55. The quantitative estimate of drug-likeness (QED) is 0.0470. The molecule has 256 valence electrons. The minimum atomic E-state index is -1.71. The Kier molecular flexibility index (Phi) is 11.0. The number of Topliss-reactive ketones (excluding diaryl/α,β-unsaturated/α-hetero) is 2. The molecule has 4 aromatic carbocycles. The molecule has 4 aromatic rings. The van der Waals surface area contributed by atoms with Crippen LogP contribution in [0.15, 0.2) is 54.6 Å². The summed E-state index contributed by atoms with van der Waals surface area (Å²) < 4.78 is 5.87. The van der Waals surface area contributed by atoms with Crippen LogP contribution in [0.2, 0.25) is 0 Å². The SMILES string of the molecule is CC(C)CC(=O)c1c(O)c(C=O)c(O)c(C(c2ccc(OCc3ccccc3)cc2)c2c(O)c(C=O)c(O)c(C(=O)CC(C)C)c2O)c1O. The number of benzene rings is 4. The third kappa shape index (κ3) is 7.20. The first-order valence-corrected chi connectivity index (χ1v) is 15.6. The maximum atomic E-state index is 13.3. The molecule has 6 N–H and O–H groups in total. The van der Waals surface area contributed by atoms with Crippen molar-refractivity contribution in [2.75, 3.05) is 0 Å². The van der Waals surface area contributed by atoms with Crippen molar-refractivity contribution in [2.45, 2.75) is 53.1 Å². The van der Waals surface area contributed by atoms with Crippen LogP contribution < -0.4 is 4.74 Å². The highest BCUT2D eigenvalue weighted by atomic mass is 16.5. The van der Waals surface area contributed by atoms with E-state index >= 15 is 0 Å². The molecule has 0 radical (unpaired) electrons. The fourth-order valence-electron chi connectivity index (χ4n) is 5.72. The van der Waals surface area contributed by atoms with E-state index in [1.165, 1.54) is 24.3 Å². The van der Waals surface area contributed by atoms with Gasteiger partial charge in [0.15, 0.2) is 24.1 Å². The highest BCUT2D eigenvalue weighted by Gasteiger charge is 2.38. The molecule has 0 fully saturated rings. The molecule has 0 aliphatic rings. The van der Waals surface area contributed by atoms with Gasteiger partial charge >= 0.3 is 0 Å². The first-order chi connectivity index (χ1) is 23.2. The van der Waals surface area contributed by atoms with E-state index in [0.717, 1.165) is 5.56 Å². The lowest BCUT2D eigenvalue weighted by atomic mass is 9.78. The largest absolute Gasteiger partial charge is 0.507 e. The van der Waals surface area contributed by atoms with Crippen molar-refractivity contribution >= 4 is 24.1 Å². The lowest BCUT2D eigenvalue weighted by Gasteiger charge is -2.27. The summed E-state index contributed by atoms with van der Waals surface area (Å²) in [6, 6.07) is 15.2. The molecule has 0 aromatic heterocycles. The zero-order chi connectivity index (χ0) is 36.2. The van der Waals surface area contributed by atoms with Crippen LogP contribution >= 0.6 is 0 Å². The van der Waals surface area contributed by atoms with Crippen molar-refractivity contribution in [1.82, 2.24) is 0 Å². The Labute approximate surface area is 282 Å². The molecule has 11 nitrogen and oxygen atoms in total. The lowest BCUT2D eigenvalue weighted by Crippen LogP contribution is -2.14. The van der Waals surface area contributed by atoms with E-state index in [1.54, 1.807) is 27.7 Å². The van der Waals surface area contributed by atoms with Gasteiger partial charge in [-0.15, -0.1) is 0 Å². The van der Waals surface area contributed by atoms with Gasteiger partial charge < -0.3 is 35.4 Å². The summed E-state index contributed by atoms with van der Waals surface area (Å²) in [4.78, 5) is 51.1. The number of ether oxygens (including phenoxy) is 1. The molecule has 4 rings (SSSR count). The van der Waals surface area contributed by atoms with Crippen LogP contribution in [0.5, 0.6) is 40.2 Å². The Morgan fingerprint density at radius 2 is 1.04 bits per heavy atom. The first kappa shape index (κ1) is 36.0. The molecular formula is C38H38O11. The van der Waals surface area contributed by atoms with Crippen LogP contribution in [0.4, 0.5) is 0 Å². The molecule has 0 saturated carbocycles. The Morgan fingerprint density at radius 1 is 0.612 bits per heavy atom. The molecule has 49 heavy (non-hydrogen) atoms. The summed E-state index contributed by atoms with van der Waals surface area (Å²) in [5.41, 5.74) is -3.17. The second kappa shape index (κ2) is 14.9. The van der Waals surface area contributed by atoms with E-state index in [9.17, 15) is 49.8 Å². The van der Waals surface area contributed by atoms with Gasteiger partial charge in [-0.05, 0) is 35.1 Å². The van der Waals surface area contributed by atoms with Gasteiger partial charge in [0.25, 0.3) is 0 Å². The molecule has 0 unspecified atom stereocenters. The summed E-state index contributed by atoms with van der Waals surface area (Å²) in [5.74, 6) is -9.33. The van der Waals surface area contributed by atoms with Crippen LogP contribution in [0.1, 0.15) is 110 Å². The number of ketones is 2. The number of hydrogen-bond acceptors (Lipinski definition) is 11. The molecule has 0 heterocycles. The number of carbonyl (C=O) groups is 4. The summed E-state index contributed by atoms with van der Waals surface area (Å²) in [6.45, 7) is 7.04. The fraction of sp³-hybridized carbons (Fsp3) is 0.263. The van der Waals surface area contributed by atoms with Gasteiger partial charge in [-0.3, -0.25) is 19.2 Å². The number of phenolic OH excluding ortho intramolecular Hbond substituents is 6. The monoisotopic (exact) mass is 670 g/mol. The minimum absolute atomic E-state index is 0.0717. The molecule has 0 spiro atoms. The van der Waals surface area contributed by atoms with Gasteiger partial charge in [-0.25, -0.2) is 0 Å². The predicted molar refractivity (Wildman–Crippen MR) is 179 cm³/mol. The van der Waals surface area contributed by atoms with Crippen molar-refractivity contribution in [3.05, 3.63) is 99.1 Å². The zero-order valence-corrected chi connectivity index (χ0v) is 27.4.